The zero-order valence-corrected chi connectivity index (χ0v) is 18.3. The predicted molar refractivity (Wildman–Crippen MR) is 119 cm³/mol. The highest BCUT2D eigenvalue weighted by Gasteiger charge is 2.33. The largest absolute Gasteiger partial charge is 0.348 e. The molecular formula is C25H32N4O2. The van der Waals surface area contributed by atoms with Crippen LogP contribution in [0.25, 0.3) is 0 Å². The molecule has 2 fully saturated rings. The molecule has 6 heteroatoms. The molecule has 2 aromatic rings. The Morgan fingerprint density at radius 2 is 1.81 bits per heavy atom. The zero-order valence-electron chi connectivity index (χ0n) is 18.3. The van der Waals surface area contributed by atoms with E-state index in [4.69, 9.17) is 0 Å². The number of benzene rings is 1. The van der Waals surface area contributed by atoms with Gasteiger partial charge in [0.25, 0.3) is 5.91 Å². The number of carbonyl (C=O) groups is 2. The van der Waals surface area contributed by atoms with Crippen LogP contribution < -0.4 is 5.32 Å². The summed E-state index contributed by atoms with van der Waals surface area (Å²) in [5, 5.41) is 2.99. The summed E-state index contributed by atoms with van der Waals surface area (Å²) in [4.78, 5) is 37.2. The van der Waals surface area contributed by atoms with E-state index in [1.807, 2.05) is 42.2 Å². The number of hydrogen-bond donors (Lipinski definition) is 1. The molecule has 2 aliphatic rings. The van der Waals surface area contributed by atoms with Gasteiger partial charge in [0.05, 0.1) is 17.3 Å². The van der Waals surface area contributed by atoms with E-state index in [1.165, 1.54) is 12.8 Å². The summed E-state index contributed by atoms with van der Waals surface area (Å²) in [6.07, 6.45) is 9.90. The first-order valence-electron chi connectivity index (χ1n) is 11.6. The van der Waals surface area contributed by atoms with Gasteiger partial charge < -0.3 is 10.2 Å². The lowest BCUT2D eigenvalue weighted by atomic mass is 9.94. The number of likely N-dealkylation sites (tertiary alicyclic amines) is 1. The van der Waals surface area contributed by atoms with Crippen LogP contribution in [-0.2, 0) is 11.3 Å². The number of hydrogen-bond acceptors (Lipinski definition) is 4. The van der Waals surface area contributed by atoms with Crippen LogP contribution in [0.1, 0.15) is 84.8 Å². The van der Waals surface area contributed by atoms with Gasteiger partial charge in [-0.2, -0.15) is 0 Å². The van der Waals surface area contributed by atoms with E-state index in [9.17, 15) is 9.59 Å². The molecule has 2 heterocycles. The highest BCUT2D eigenvalue weighted by Crippen LogP contribution is 2.34. The summed E-state index contributed by atoms with van der Waals surface area (Å²) < 4.78 is 0. The average Bonchev–Trinajstić information content (AvgIpc) is 3.31. The summed E-state index contributed by atoms with van der Waals surface area (Å²) in [5.41, 5.74) is 2.21. The van der Waals surface area contributed by atoms with Crippen molar-refractivity contribution in [2.24, 2.45) is 5.92 Å². The molecule has 164 valence electrons. The fraction of sp³-hybridized carbons (Fsp3) is 0.520. The summed E-state index contributed by atoms with van der Waals surface area (Å²) in [5.74, 6) is 1.16. The minimum atomic E-state index is -0.187. The van der Waals surface area contributed by atoms with Crippen LogP contribution in [-0.4, -0.2) is 33.2 Å². The molecule has 1 aromatic heterocycles. The van der Waals surface area contributed by atoms with Gasteiger partial charge in [0, 0.05) is 25.7 Å². The molecule has 1 aromatic carbocycles. The lowest BCUT2D eigenvalue weighted by molar-refractivity contribution is -0.136. The molecule has 1 N–H and O–H groups in total. The first kappa shape index (κ1) is 21.5. The van der Waals surface area contributed by atoms with Gasteiger partial charge in [-0.15, -0.1) is 0 Å². The van der Waals surface area contributed by atoms with Crippen molar-refractivity contribution in [2.45, 2.75) is 70.9 Å². The van der Waals surface area contributed by atoms with E-state index in [0.717, 1.165) is 44.2 Å². The fourth-order valence-corrected chi connectivity index (χ4v) is 4.88. The molecule has 0 spiro atoms. The number of amides is 2. The van der Waals surface area contributed by atoms with E-state index in [0.29, 0.717) is 36.0 Å². The molecular weight excluding hydrogens is 388 g/mol. The quantitative estimate of drug-likeness (QED) is 0.754. The molecule has 1 aliphatic carbocycles. The van der Waals surface area contributed by atoms with E-state index < -0.39 is 0 Å². The Morgan fingerprint density at radius 1 is 1.06 bits per heavy atom. The second-order valence-corrected chi connectivity index (χ2v) is 8.84. The van der Waals surface area contributed by atoms with Gasteiger partial charge in [-0.3, -0.25) is 9.59 Å². The van der Waals surface area contributed by atoms with Crippen molar-refractivity contribution >= 4 is 11.8 Å². The van der Waals surface area contributed by atoms with Crippen molar-refractivity contribution in [3.8, 4) is 0 Å². The molecule has 0 radical (unpaired) electrons. The third-order valence-electron chi connectivity index (χ3n) is 6.56. The summed E-state index contributed by atoms with van der Waals surface area (Å²) in [7, 11) is 0. The van der Waals surface area contributed by atoms with Crippen LogP contribution in [0.2, 0.25) is 0 Å². The minimum absolute atomic E-state index is 0.151. The number of nitrogens with zero attached hydrogens (tertiary/aromatic N) is 3. The van der Waals surface area contributed by atoms with E-state index in [2.05, 4.69) is 15.3 Å². The topological polar surface area (TPSA) is 75.2 Å². The molecule has 1 aliphatic heterocycles. The van der Waals surface area contributed by atoms with Gasteiger partial charge in [0.15, 0.2) is 0 Å². The average molecular weight is 421 g/mol. The molecule has 1 atom stereocenters. The normalized spacial score (nSPS) is 19.4. The first-order chi connectivity index (χ1) is 15.1. The SMILES string of the molecule is Cc1ncc(C(=O)NCc2ccccc2)c(C2CCCCN2C(=O)CC2CCCC2)n1. The molecule has 31 heavy (non-hydrogen) atoms. The van der Waals surface area contributed by atoms with Crippen LogP contribution in [0, 0.1) is 12.8 Å². The Balaban J connectivity index is 1.54. The van der Waals surface area contributed by atoms with Crippen molar-refractivity contribution in [2.75, 3.05) is 6.54 Å². The summed E-state index contributed by atoms with van der Waals surface area (Å²) in [6.45, 7) is 3.02. The Bertz CT molecular complexity index is 909. The van der Waals surface area contributed by atoms with Gasteiger partial charge >= 0.3 is 0 Å². The third kappa shape index (κ3) is 5.30. The Labute approximate surface area is 184 Å². The molecule has 1 unspecified atom stereocenters. The standard InChI is InChI=1S/C25H32N4O2/c1-18-26-17-21(25(31)27-16-20-11-3-2-4-12-20)24(28-18)22-13-7-8-14-29(22)23(30)15-19-9-5-6-10-19/h2-4,11-12,17,19,22H,5-10,13-16H2,1H3,(H,27,31). The smallest absolute Gasteiger partial charge is 0.255 e. The summed E-state index contributed by atoms with van der Waals surface area (Å²) in [6, 6.07) is 9.68. The third-order valence-corrected chi connectivity index (χ3v) is 6.56. The van der Waals surface area contributed by atoms with Crippen LogP contribution in [0.5, 0.6) is 0 Å². The predicted octanol–water partition coefficient (Wildman–Crippen LogP) is 4.35. The second-order valence-electron chi connectivity index (χ2n) is 8.84. The number of aromatic nitrogens is 2. The highest BCUT2D eigenvalue weighted by molar-refractivity contribution is 5.95. The van der Waals surface area contributed by atoms with Crippen LogP contribution >= 0.6 is 0 Å². The van der Waals surface area contributed by atoms with Crippen molar-refractivity contribution in [1.82, 2.24) is 20.2 Å². The highest BCUT2D eigenvalue weighted by atomic mass is 16.2. The maximum Gasteiger partial charge on any atom is 0.255 e. The van der Waals surface area contributed by atoms with E-state index >= 15 is 0 Å². The lowest BCUT2D eigenvalue weighted by Crippen LogP contribution is -2.40. The zero-order chi connectivity index (χ0) is 21.6. The maximum absolute atomic E-state index is 13.2. The first-order valence-corrected chi connectivity index (χ1v) is 11.6. The number of nitrogens with one attached hydrogen (secondary N) is 1. The van der Waals surface area contributed by atoms with E-state index in [1.54, 1.807) is 6.20 Å². The molecule has 1 saturated carbocycles. The Morgan fingerprint density at radius 3 is 2.58 bits per heavy atom. The lowest BCUT2D eigenvalue weighted by Gasteiger charge is -2.36. The summed E-state index contributed by atoms with van der Waals surface area (Å²) >= 11 is 0. The number of carbonyl (C=O) groups excluding carboxylic acids is 2. The minimum Gasteiger partial charge on any atom is -0.348 e. The van der Waals surface area contributed by atoms with Gasteiger partial charge in [0.1, 0.15) is 5.82 Å². The van der Waals surface area contributed by atoms with Crippen molar-refractivity contribution in [3.05, 3.63) is 59.2 Å². The second kappa shape index (κ2) is 10.0. The van der Waals surface area contributed by atoms with E-state index in [-0.39, 0.29) is 17.9 Å². The monoisotopic (exact) mass is 420 g/mol. The van der Waals surface area contributed by atoms with Crippen LogP contribution in [0.3, 0.4) is 0 Å². The number of piperidine rings is 1. The van der Waals surface area contributed by atoms with Crippen molar-refractivity contribution < 1.29 is 9.59 Å². The molecule has 2 amide bonds. The van der Waals surface area contributed by atoms with Crippen molar-refractivity contribution in [1.29, 1.82) is 0 Å². The maximum atomic E-state index is 13.2. The van der Waals surface area contributed by atoms with Crippen LogP contribution in [0.15, 0.2) is 36.5 Å². The molecule has 1 saturated heterocycles. The van der Waals surface area contributed by atoms with Gasteiger partial charge in [0.2, 0.25) is 5.91 Å². The molecule has 4 rings (SSSR count). The van der Waals surface area contributed by atoms with Gasteiger partial charge in [-0.1, -0.05) is 43.2 Å². The fourth-order valence-electron chi connectivity index (χ4n) is 4.88. The number of rotatable bonds is 6. The van der Waals surface area contributed by atoms with Crippen LogP contribution in [0.4, 0.5) is 0 Å². The molecule has 0 bridgehead atoms. The van der Waals surface area contributed by atoms with Gasteiger partial charge in [-0.05, 0) is 50.5 Å². The Hall–Kier alpha value is -2.76. The van der Waals surface area contributed by atoms with Gasteiger partial charge in [-0.25, -0.2) is 9.97 Å². The number of aryl methyl sites for hydroxylation is 1. The molecule has 6 nitrogen and oxygen atoms in total. The van der Waals surface area contributed by atoms with Crippen molar-refractivity contribution in [3.63, 3.8) is 0 Å². The Kier molecular flexibility index (Phi) is 6.95.